The molecule has 3 atom stereocenters. The summed E-state index contributed by atoms with van der Waals surface area (Å²) in [6.45, 7) is 5.97. The first-order valence-electron chi connectivity index (χ1n) is 9.84. The Labute approximate surface area is 151 Å². The fourth-order valence-corrected chi connectivity index (χ4v) is 4.05. The predicted octanol–water partition coefficient (Wildman–Crippen LogP) is 2.96. The van der Waals surface area contributed by atoms with Gasteiger partial charge in [-0.3, -0.25) is 14.5 Å². The van der Waals surface area contributed by atoms with E-state index >= 15 is 0 Å². The van der Waals surface area contributed by atoms with Gasteiger partial charge < -0.3 is 10.6 Å². The number of imide groups is 1. The molecular weight excluding hydrogens is 318 g/mol. The number of carbonyl (C=O) groups excluding carboxylic acids is 3. The topological polar surface area (TPSA) is 78.5 Å². The van der Waals surface area contributed by atoms with Gasteiger partial charge in [0.25, 0.3) is 5.91 Å². The smallest absolute Gasteiger partial charge is 0.325 e. The van der Waals surface area contributed by atoms with Gasteiger partial charge in [-0.15, -0.1) is 0 Å². The standard InChI is InChI=1S/C19H33N3O3/c1-4-5-6-7-11-15(3)20-16(23)13-22-17(24)19(21-18(22)25)12-9-8-10-14(19)2/h14-15H,4-13H2,1-3H3,(H,20,23)(H,21,25)/t14-,15-,19+/m0/s1. The molecule has 2 rings (SSSR count). The summed E-state index contributed by atoms with van der Waals surface area (Å²) in [6.07, 6.45) is 9.20. The second-order valence-electron chi connectivity index (χ2n) is 7.76. The van der Waals surface area contributed by atoms with Crippen LogP contribution < -0.4 is 10.6 Å². The number of hydrogen-bond donors (Lipinski definition) is 2. The van der Waals surface area contributed by atoms with E-state index in [0.717, 1.165) is 37.0 Å². The molecule has 1 saturated carbocycles. The van der Waals surface area contributed by atoms with E-state index in [1.54, 1.807) is 0 Å². The summed E-state index contributed by atoms with van der Waals surface area (Å²) in [6, 6.07) is -0.364. The third-order valence-corrected chi connectivity index (χ3v) is 5.70. The van der Waals surface area contributed by atoms with Crippen LogP contribution >= 0.6 is 0 Å². The number of rotatable bonds is 8. The predicted molar refractivity (Wildman–Crippen MR) is 97.0 cm³/mol. The molecule has 6 heteroatoms. The summed E-state index contributed by atoms with van der Waals surface area (Å²) >= 11 is 0. The molecule has 0 unspecified atom stereocenters. The third kappa shape index (κ3) is 4.53. The maximum Gasteiger partial charge on any atom is 0.325 e. The zero-order chi connectivity index (χ0) is 18.4. The number of hydrogen-bond acceptors (Lipinski definition) is 3. The van der Waals surface area contributed by atoms with Crippen LogP contribution in [0.3, 0.4) is 0 Å². The summed E-state index contributed by atoms with van der Waals surface area (Å²) < 4.78 is 0. The molecule has 1 spiro atoms. The second-order valence-corrected chi connectivity index (χ2v) is 7.76. The molecule has 1 aliphatic carbocycles. The quantitative estimate of drug-likeness (QED) is 0.521. The molecule has 0 aromatic carbocycles. The van der Waals surface area contributed by atoms with Crippen LogP contribution in [0, 0.1) is 5.92 Å². The van der Waals surface area contributed by atoms with E-state index in [-0.39, 0.29) is 30.3 Å². The Hall–Kier alpha value is -1.59. The minimum atomic E-state index is -0.790. The fraction of sp³-hybridized carbons (Fsp3) is 0.842. The lowest BCUT2D eigenvalue weighted by Crippen LogP contribution is -2.54. The summed E-state index contributed by atoms with van der Waals surface area (Å²) in [5, 5.41) is 5.80. The van der Waals surface area contributed by atoms with E-state index in [0.29, 0.717) is 6.42 Å². The Balaban J connectivity index is 1.86. The van der Waals surface area contributed by atoms with Gasteiger partial charge in [0, 0.05) is 6.04 Å². The highest BCUT2D eigenvalue weighted by molar-refractivity contribution is 6.09. The second kappa shape index (κ2) is 8.68. The lowest BCUT2D eigenvalue weighted by Gasteiger charge is -2.36. The molecule has 1 aliphatic heterocycles. The summed E-state index contributed by atoms with van der Waals surface area (Å²) in [4.78, 5) is 38.5. The highest BCUT2D eigenvalue weighted by Gasteiger charge is 2.55. The molecular formula is C19H33N3O3. The third-order valence-electron chi connectivity index (χ3n) is 5.70. The number of carbonyl (C=O) groups is 3. The van der Waals surface area contributed by atoms with Gasteiger partial charge in [-0.05, 0) is 32.1 Å². The van der Waals surface area contributed by atoms with Crippen molar-refractivity contribution in [3.05, 3.63) is 0 Å². The van der Waals surface area contributed by atoms with Crippen molar-refractivity contribution in [3.63, 3.8) is 0 Å². The van der Waals surface area contributed by atoms with E-state index in [1.165, 1.54) is 19.3 Å². The van der Waals surface area contributed by atoms with Gasteiger partial charge in [-0.2, -0.15) is 0 Å². The van der Waals surface area contributed by atoms with Crippen molar-refractivity contribution in [2.75, 3.05) is 6.54 Å². The highest BCUT2D eigenvalue weighted by Crippen LogP contribution is 2.38. The number of nitrogens with one attached hydrogen (secondary N) is 2. The van der Waals surface area contributed by atoms with Crippen LogP contribution in [-0.2, 0) is 9.59 Å². The number of amides is 4. The normalized spacial score (nSPS) is 27.5. The van der Waals surface area contributed by atoms with E-state index in [1.807, 2.05) is 13.8 Å². The van der Waals surface area contributed by atoms with E-state index in [9.17, 15) is 14.4 Å². The molecule has 1 heterocycles. The molecule has 25 heavy (non-hydrogen) atoms. The molecule has 0 bridgehead atoms. The molecule has 0 aromatic heterocycles. The van der Waals surface area contributed by atoms with E-state index in [4.69, 9.17) is 0 Å². The van der Waals surface area contributed by atoms with Crippen molar-refractivity contribution in [1.82, 2.24) is 15.5 Å². The Morgan fingerprint density at radius 2 is 2.08 bits per heavy atom. The van der Waals surface area contributed by atoms with Crippen LogP contribution in [0.2, 0.25) is 0 Å². The van der Waals surface area contributed by atoms with Crippen molar-refractivity contribution in [2.24, 2.45) is 5.92 Å². The van der Waals surface area contributed by atoms with Gasteiger partial charge in [-0.1, -0.05) is 52.4 Å². The van der Waals surface area contributed by atoms with Crippen molar-refractivity contribution >= 4 is 17.8 Å². The zero-order valence-corrected chi connectivity index (χ0v) is 15.9. The van der Waals surface area contributed by atoms with Gasteiger partial charge in [0.05, 0.1) is 0 Å². The Bertz CT molecular complexity index is 508. The number of unbranched alkanes of at least 4 members (excludes halogenated alkanes) is 3. The maximum absolute atomic E-state index is 12.8. The fourth-order valence-electron chi connectivity index (χ4n) is 4.05. The van der Waals surface area contributed by atoms with Crippen molar-refractivity contribution in [2.45, 2.75) is 90.1 Å². The average molecular weight is 351 g/mol. The molecule has 0 radical (unpaired) electrons. The van der Waals surface area contributed by atoms with Crippen LogP contribution in [0.4, 0.5) is 4.79 Å². The average Bonchev–Trinajstić information content (AvgIpc) is 2.79. The minimum Gasteiger partial charge on any atom is -0.352 e. The molecule has 2 fully saturated rings. The first-order valence-corrected chi connectivity index (χ1v) is 9.84. The monoisotopic (exact) mass is 351 g/mol. The molecule has 2 N–H and O–H groups in total. The Morgan fingerprint density at radius 1 is 1.32 bits per heavy atom. The molecule has 142 valence electrons. The molecule has 0 aromatic rings. The summed E-state index contributed by atoms with van der Waals surface area (Å²) in [5.41, 5.74) is -0.790. The van der Waals surface area contributed by atoms with Crippen LogP contribution in [0.1, 0.15) is 78.6 Å². The highest BCUT2D eigenvalue weighted by atomic mass is 16.2. The number of nitrogens with zero attached hydrogens (tertiary/aromatic N) is 1. The molecule has 2 aliphatic rings. The Kier molecular flexibility index (Phi) is 6.85. The van der Waals surface area contributed by atoms with Crippen LogP contribution in [-0.4, -0.2) is 40.9 Å². The molecule has 6 nitrogen and oxygen atoms in total. The maximum atomic E-state index is 12.8. The Morgan fingerprint density at radius 3 is 2.76 bits per heavy atom. The van der Waals surface area contributed by atoms with Gasteiger partial charge in [0.2, 0.25) is 5.91 Å². The SMILES string of the molecule is CCCCCC[C@H](C)NC(=O)CN1C(=O)N[C@@]2(CCCC[C@@H]2C)C1=O. The minimum absolute atomic E-state index is 0.0627. The van der Waals surface area contributed by atoms with Gasteiger partial charge in [-0.25, -0.2) is 4.79 Å². The largest absolute Gasteiger partial charge is 0.352 e. The van der Waals surface area contributed by atoms with Crippen molar-refractivity contribution < 1.29 is 14.4 Å². The zero-order valence-electron chi connectivity index (χ0n) is 15.9. The van der Waals surface area contributed by atoms with Crippen LogP contribution in [0.15, 0.2) is 0 Å². The lowest BCUT2D eigenvalue weighted by molar-refractivity contribution is -0.137. The molecule has 4 amide bonds. The van der Waals surface area contributed by atoms with Crippen molar-refractivity contribution in [1.29, 1.82) is 0 Å². The van der Waals surface area contributed by atoms with Crippen LogP contribution in [0.25, 0.3) is 0 Å². The van der Waals surface area contributed by atoms with Crippen LogP contribution in [0.5, 0.6) is 0 Å². The summed E-state index contributed by atoms with van der Waals surface area (Å²) in [7, 11) is 0. The first kappa shape index (κ1) is 19.7. The molecule has 1 saturated heterocycles. The first-order chi connectivity index (χ1) is 11.9. The summed E-state index contributed by atoms with van der Waals surface area (Å²) in [5.74, 6) is -0.370. The number of urea groups is 1. The van der Waals surface area contributed by atoms with E-state index in [2.05, 4.69) is 17.6 Å². The van der Waals surface area contributed by atoms with Gasteiger partial charge in [0.1, 0.15) is 12.1 Å². The van der Waals surface area contributed by atoms with Gasteiger partial charge in [0.15, 0.2) is 0 Å². The van der Waals surface area contributed by atoms with E-state index < -0.39 is 11.6 Å². The van der Waals surface area contributed by atoms with Crippen molar-refractivity contribution in [3.8, 4) is 0 Å². The van der Waals surface area contributed by atoms with Gasteiger partial charge >= 0.3 is 6.03 Å². The lowest BCUT2D eigenvalue weighted by atomic mass is 9.73.